The van der Waals surface area contributed by atoms with E-state index in [2.05, 4.69) is 18.8 Å². The Morgan fingerprint density at radius 2 is 2.29 bits per heavy atom. The van der Waals surface area contributed by atoms with Gasteiger partial charge in [-0.15, -0.1) is 0 Å². The second-order valence-corrected chi connectivity index (χ2v) is 3.88. The highest BCUT2D eigenvalue weighted by atomic mass is 35.5. The first kappa shape index (κ1) is 11.3. The fraction of sp³-hybridized carbons (Fsp3) is 0.500. The average Bonchev–Trinajstić information content (AvgIpc) is 2.16. The first-order valence-electron chi connectivity index (χ1n) is 4.61. The zero-order valence-electron chi connectivity index (χ0n) is 8.46. The third-order valence-corrected chi connectivity index (χ3v) is 2.11. The van der Waals surface area contributed by atoms with Gasteiger partial charge in [0.05, 0.1) is 6.61 Å². The van der Waals surface area contributed by atoms with Crippen LogP contribution in [0.3, 0.4) is 0 Å². The molecule has 1 rings (SSSR count). The van der Waals surface area contributed by atoms with E-state index in [0.29, 0.717) is 30.0 Å². The van der Waals surface area contributed by atoms with Crippen molar-refractivity contribution in [3.8, 4) is 5.88 Å². The van der Waals surface area contributed by atoms with Crippen molar-refractivity contribution in [2.45, 2.75) is 20.4 Å². The number of ether oxygens (including phenoxy) is 1. The molecule has 0 aliphatic heterocycles. The van der Waals surface area contributed by atoms with Crippen molar-refractivity contribution < 1.29 is 4.74 Å². The lowest BCUT2D eigenvalue weighted by Crippen LogP contribution is -2.07. The van der Waals surface area contributed by atoms with Crippen molar-refractivity contribution >= 4 is 11.6 Å². The second kappa shape index (κ2) is 5.17. The molecule has 0 spiro atoms. The van der Waals surface area contributed by atoms with Crippen molar-refractivity contribution in [1.29, 1.82) is 0 Å². The highest BCUT2D eigenvalue weighted by Gasteiger charge is 2.07. The van der Waals surface area contributed by atoms with Gasteiger partial charge in [0.15, 0.2) is 0 Å². The smallest absolute Gasteiger partial charge is 0.232 e. The van der Waals surface area contributed by atoms with E-state index in [1.54, 1.807) is 12.3 Å². The highest BCUT2D eigenvalue weighted by molar-refractivity contribution is 6.32. The van der Waals surface area contributed by atoms with Gasteiger partial charge in [-0.25, -0.2) is 4.98 Å². The van der Waals surface area contributed by atoms with Gasteiger partial charge in [0, 0.05) is 12.7 Å². The van der Waals surface area contributed by atoms with Gasteiger partial charge in [0.1, 0.15) is 5.02 Å². The monoisotopic (exact) mass is 214 g/mol. The molecule has 2 N–H and O–H groups in total. The van der Waals surface area contributed by atoms with Crippen molar-refractivity contribution in [2.75, 3.05) is 6.61 Å². The van der Waals surface area contributed by atoms with Gasteiger partial charge in [-0.05, 0) is 17.5 Å². The quantitative estimate of drug-likeness (QED) is 0.836. The number of halogens is 1. The molecule has 0 fully saturated rings. The van der Waals surface area contributed by atoms with Crippen LogP contribution in [0.5, 0.6) is 5.88 Å². The summed E-state index contributed by atoms with van der Waals surface area (Å²) in [6, 6.07) is 1.80. The van der Waals surface area contributed by atoms with Crippen LogP contribution in [-0.4, -0.2) is 11.6 Å². The zero-order chi connectivity index (χ0) is 10.6. The fourth-order valence-corrected chi connectivity index (χ4v) is 1.21. The van der Waals surface area contributed by atoms with Crippen LogP contribution in [0.1, 0.15) is 19.4 Å². The van der Waals surface area contributed by atoms with Gasteiger partial charge < -0.3 is 10.5 Å². The van der Waals surface area contributed by atoms with Crippen molar-refractivity contribution in [3.05, 3.63) is 22.8 Å². The Morgan fingerprint density at radius 1 is 1.57 bits per heavy atom. The third kappa shape index (κ3) is 2.86. The molecule has 1 heterocycles. The standard InChI is InChI=1S/C10H15ClN2O/c1-7(2)6-14-10-9(11)8(5-12)3-4-13-10/h3-4,7H,5-6,12H2,1-2H3. The summed E-state index contributed by atoms with van der Waals surface area (Å²) < 4.78 is 5.44. The van der Waals surface area contributed by atoms with E-state index in [1.165, 1.54) is 0 Å². The normalized spacial score (nSPS) is 10.6. The molecule has 0 unspecified atom stereocenters. The predicted octanol–water partition coefficient (Wildman–Crippen LogP) is 2.23. The number of hydrogen-bond donors (Lipinski definition) is 1. The Labute approximate surface area is 89.2 Å². The zero-order valence-corrected chi connectivity index (χ0v) is 9.21. The Hall–Kier alpha value is -0.800. The van der Waals surface area contributed by atoms with Crippen LogP contribution < -0.4 is 10.5 Å². The minimum atomic E-state index is 0.402. The molecule has 0 saturated heterocycles. The maximum absolute atomic E-state index is 6.02. The number of aromatic nitrogens is 1. The van der Waals surface area contributed by atoms with Crippen LogP contribution in [-0.2, 0) is 6.54 Å². The molecule has 0 radical (unpaired) electrons. The lowest BCUT2D eigenvalue weighted by Gasteiger charge is -2.10. The van der Waals surface area contributed by atoms with E-state index in [1.807, 2.05) is 0 Å². The molecule has 78 valence electrons. The lowest BCUT2D eigenvalue weighted by molar-refractivity contribution is 0.261. The predicted molar refractivity (Wildman–Crippen MR) is 57.5 cm³/mol. The lowest BCUT2D eigenvalue weighted by atomic mass is 10.2. The third-order valence-electron chi connectivity index (χ3n) is 1.71. The Morgan fingerprint density at radius 3 is 2.86 bits per heavy atom. The minimum absolute atomic E-state index is 0.402. The first-order valence-corrected chi connectivity index (χ1v) is 4.99. The molecular weight excluding hydrogens is 200 g/mol. The molecule has 1 aromatic heterocycles. The maximum atomic E-state index is 6.02. The number of nitrogens with two attached hydrogens (primary N) is 1. The van der Waals surface area contributed by atoms with Crippen LogP contribution in [0.15, 0.2) is 12.3 Å². The van der Waals surface area contributed by atoms with Gasteiger partial charge in [0.2, 0.25) is 5.88 Å². The second-order valence-electron chi connectivity index (χ2n) is 3.50. The van der Waals surface area contributed by atoms with Crippen LogP contribution in [0.4, 0.5) is 0 Å². The number of nitrogens with zero attached hydrogens (tertiary/aromatic N) is 1. The van der Waals surface area contributed by atoms with Crippen molar-refractivity contribution in [1.82, 2.24) is 4.98 Å². The van der Waals surface area contributed by atoms with E-state index in [9.17, 15) is 0 Å². The Kier molecular flexibility index (Phi) is 4.17. The molecule has 0 aliphatic rings. The van der Waals surface area contributed by atoms with Crippen LogP contribution in [0.2, 0.25) is 5.02 Å². The summed E-state index contributed by atoms with van der Waals surface area (Å²) in [4.78, 5) is 4.05. The van der Waals surface area contributed by atoms with Crippen molar-refractivity contribution in [3.63, 3.8) is 0 Å². The molecule has 0 amide bonds. The fourth-order valence-electron chi connectivity index (χ4n) is 0.966. The van der Waals surface area contributed by atoms with Crippen LogP contribution in [0, 0.1) is 5.92 Å². The van der Waals surface area contributed by atoms with Crippen LogP contribution >= 0.6 is 11.6 Å². The van der Waals surface area contributed by atoms with Crippen molar-refractivity contribution in [2.24, 2.45) is 11.7 Å². The molecule has 1 aromatic rings. The van der Waals surface area contributed by atoms with E-state index >= 15 is 0 Å². The summed E-state index contributed by atoms with van der Waals surface area (Å²) in [6.07, 6.45) is 1.66. The van der Waals surface area contributed by atoms with Gasteiger partial charge in [-0.1, -0.05) is 25.4 Å². The molecule has 0 bridgehead atoms. The Balaban J connectivity index is 2.76. The number of pyridine rings is 1. The highest BCUT2D eigenvalue weighted by Crippen LogP contribution is 2.25. The molecule has 0 saturated carbocycles. The summed E-state index contributed by atoms with van der Waals surface area (Å²) in [5.74, 6) is 0.928. The van der Waals surface area contributed by atoms with Crippen LogP contribution in [0.25, 0.3) is 0 Å². The van der Waals surface area contributed by atoms with Gasteiger partial charge in [-0.3, -0.25) is 0 Å². The van der Waals surface area contributed by atoms with Gasteiger partial charge >= 0.3 is 0 Å². The van der Waals surface area contributed by atoms with Gasteiger partial charge in [-0.2, -0.15) is 0 Å². The van der Waals surface area contributed by atoms with E-state index in [0.717, 1.165) is 5.56 Å². The van der Waals surface area contributed by atoms with E-state index < -0.39 is 0 Å². The molecule has 4 heteroatoms. The topological polar surface area (TPSA) is 48.1 Å². The Bertz CT molecular complexity index is 302. The molecule has 0 aliphatic carbocycles. The summed E-state index contributed by atoms with van der Waals surface area (Å²) in [7, 11) is 0. The number of hydrogen-bond acceptors (Lipinski definition) is 3. The van der Waals surface area contributed by atoms with E-state index in [4.69, 9.17) is 22.1 Å². The molecule has 3 nitrogen and oxygen atoms in total. The summed E-state index contributed by atoms with van der Waals surface area (Å²) in [6.45, 7) is 5.15. The van der Waals surface area contributed by atoms with Gasteiger partial charge in [0.25, 0.3) is 0 Å². The minimum Gasteiger partial charge on any atom is -0.476 e. The average molecular weight is 215 g/mol. The summed E-state index contributed by atoms with van der Waals surface area (Å²) in [5.41, 5.74) is 6.37. The summed E-state index contributed by atoms with van der Waals surface area (Å²) >= 11 is 6.02. The largest absolute Gasteiger partial charge is 0.476 e. The molecule has 0 atom stereocenters. The molecular formula is C10H15ClN2O. The maximum Gasteiger partial charge on any atom is 0.232 e. The van der Waals surface area contributed by atoms with E-state index in [-0.39, 0.29) is 0 Å². The molecule has 14 heavy (non-hydrogen) atoms. The number of rotatable bonds is 4. The first-order chi connectivity index (χ1) is 6.65. The SMILES string of the molecule is CC(C)COc1nccc(CN)c1Cl. The summed E-state index contributed by atoms with van der Waals surface area (Å²) in [5, 5.41) is 0.524. The molecule has 0 aromatic carbocycles.